The third kappa shape index (κ3) is 3.14. The molecular weight excluding hydrogens is 310 g/mol. The SMILES string of the molecule is Cc1ccc(Cn2c(N3CCCC[C@@H]3CO)nc3ccccc32)cc1. The van der Waals surface area contributed by atoms with Crippen LogP contribution in [0.4, 0.5) is 5.95 Å². The fourth-order valence-electron chi connectivity index (χ4n) is 3.77. The standard InChI is InChI=1S/C21H25N3O/c1-16-9-11-17(12-10-16)14-24-20-8-3-2-7-19(20)22-21(24)23-13-5-4-6-18(23)15-25/h2-3,7-12,18,25H,4-6,13-15H2,1H3/t18-/m1/s1. The van der Waals surface area contributed by atoms with Crippen LogP contribution in [0.25, 0.3) is 11.0 Å². The van der Waals surface area contributed by atoms with Gasteiger partial charge in [-0.3, -0.25) is 0 Å². The average Bonchev–Trinajstić information content (AvgIpc) is 3.02. The first-order chi connectivity index (χ1) is 12.3. The number of nitrogens with zero attached hydrogens (tertiary/aromatic N) is 3. The van der Waals surface area contributed by atoms with Crippen molar-refractivity contribution >= 4 is 17.0 Å². The predicted molar refractivity (Wildman–Crippen MR) is 102 cm³/mol. The van der Waals surface area contributed by atoms with E-state index in [1.807, 2.05) is 6.07 Å². The van der Waals surface area contributed by atoms with Crippen molar-refractivity contribution in [1.82, 2.24) is 9.55 Å². The molecule has 4 rings (SSSR count). The highest BCUT2D eigenvalue weighted by Crippen LogP contribution is 2.29. The number of para-hydroxylation sites is 2. The Hall–Kier alpha value is -2.33. The van der Waals surface area contributed by atoms with Crippen molar-refractivity contribution < 1.29 is 5.11 Å². The highest BCUT2D eigenvalue weighted by molar-refractivity contribution is 5.79. The molecule has 0 unspecified atom stereocenters. The van der Waals surface area contributed by atoms with E-state index < -0.39 is 0 Å². The normalized spacial score (nSPS) is 18.0. The van der Waals surface area contributed by atoms with Crippen LogP contribution in [-0.4, -0.2) is 33.9 Å². The molecule has 1 atom stereocenters. The summed E-state index contributed by atoms with van der Waals surface area (Å²) in [6.45, 7) is 4.06. The van der Waals surface area contributed by atoms with Gasteiger partial charge in [0.25, 0.3) is 0 Å². The zero-order chi connectivity index (χ0) is 17.2. The molecule has 1 aromatic heterocycles. The minimum absolute atomic E-state index is 0.169. The van der Waals surface area contributed by atoms with Gasteiger partial charge in [-0.05, 0) is 43.9 Å². The Morgan fingerprint density at radius 1 is 1.08 bits per heavy atom. The van der Waals surface area contributed by atoms with Gasteiger partial charge in [0, 0.05) is 6.54 Å². The number of aromatic nitrogens is 2. The maximum atomic E-state index is 9.83. The second-order valence-corrected chi connectivity index (χ2v) is 7.00. The first-order valence-electron chi connectivity index (χ1n) is 9.14. The van der Waals surface area contributed by atoms with Crippen LogP contribution in [-0.2, 0) is 6.54 Å². The third-order valence-electron chi connectivity index (χ3n) is 5.19. The Morgan fingerprint density at radius 3 is 2.68 bits per heavy atom. The van der Waals surface area contributed by atoms with Gasteiger partial charge >= 0.3 is 0 Å². The molecule has 0 bridgehead atoms. The van der Waals surface area contributed by atoms with Gasteiger partial charge < -0.3 is 14.6 Å². The monoisotopic (exact) mass is 335 g/mol. The molecule has 2 heterocycles. The minimum atomic E-state index is 0.169. The Morgan fingerprint density at radius 2 is 1.88 bits per heavy atom. The van der Waals surface area contributed by atoms with Gasteiger partial charge in [0.05, 0.1) is 30.2 Å². The van der Waals surface area contributed by atoms with E-state index >= 15 is 0 Å². The molecule has 1 saturated heterocycles. The van der Waals surface area contributed by atoms with Crippen molar-refractivity contribution in [1.29, 1.82) is 0 Å². The van der Waals surface area contributed by atoms with Gasteiger partial charge in [-0.15, -0.1) is 0 Å². The van der Waals surface area contributed by atoms with Crippen molar-refractivity contribution in [3.63, 3.8) is 0 Å². The molecular formula is C21H25N3O. The van der Waals surface area contributed by atoms with Crippen molar-refractivity contribution in [3.05, 3.63) is 59.7 Å². The summed E-state index contributed by atoms with van der Waals surface area (Å²) in [4.78, 5) is 7.23. The number of piperidine rings is 1. The second kappa shape index (κ2) is 6.89. The van der Waals surface area contributed by atoms with Crippen LogP contribution in [0.3, 0.4) is 0 Å². The van der Waals surface area contributed by atoms with E-state index in [-0.39, 0.29) is 12.6 Å². The first-order valence-corrected chi connectivity index (χ1v) is 9.14. The lowest BCUT2D eigenvalue weighted by atomic mass is 10.0. The molecule has 1 N–H and O–H groups in total. The summed E-state index contributed by atoms with van der Waals surface area (Å²) in [6.07, 6.45) is 3.37. The van der Waals surface area contributed by atoms with E-state index in [0.29, 0.717) is 0 Å². The number of rotatable bonds is 4. The fraction of sp³-hybridized carbons (Fsp3) is 0.381. The van der Waals surface area contributed by atoms with Crippen LogP contribution < -0.4 is 4.90 Å². The van der Waals surface area contributed by atoms with E-state index in [2.05, 4.69) is 58.9 Å². The molecule has 0 saturated carbocycles. The number of hydrogen-bond acceptors (Lipinski definition) is 3. The average molecular weight is 335 g/mol. The summed E-state index contributed by atoms with van der Waals surface area (Å²) in [7, 11) is 0. The molecule has 25 heavy (non-hydrogen) atoms. The van der Waals surface area contributed by atoms with Crippen molar-refractivity contribution in [2.75, 3.05) is 18.1 Å². The Bertz CT molecular complexity index is 853. The van der Waals surface area contributed by atoms with E-state index in [0.717, 1.165) is 42.9 Å². The molecule has 0 radical (unpaired) electrons. The zero-order valence-corrected chi connectivity index (χ0v) is 14.7. The largest absolute Gasteiger partial charge is 0.394 e. The third-order valence-corrected chi connectivity index (χ3v) is 5.19. The number of fused-ring (bicyclic) bond motifs is 1. The van der Waals surface area contributed by atoms with Gasteiger partial charge in [-0.25, -0.2) is 4.98 Å². The lowest BCUT2D eigenvalue weighted by Crippen LogP contribution is -2.43. The van der Waals surface area contributed by atoms with E-state index in [9.17, 15) is 5.11 Å². The van der Waals surface area contributed by atoms with Crippen LogP contribution in [0.1, 0.15) is 30.4 Å². The molecule has 3 aromatic rings. The Kier molecular flexibility index (Phi) is 4.45. The number of imidazole rings is 1. The number of aliphatic hydroxyl groups excluding tert-OH is 1. The molecule has 0 aliphatic carbocycles. The lowest BCUT2D eigenvalue weighted by Gasteiger charge is -2.35. The van der Waals surface area contributed by atoms with Crippen LogP contribution in [0.15, 0.2) is 48.5 Å². The van der Waals surface area contributed by atoms with E-state index in [4.69, 9.17) is 4.98 Å². The van der Waals surface area contributed by atoms with E-state index in [1.54, 1.807) is 0 Å². The molecule has 0 amide bonds. The van der Waals surface area contributed by atoms with Crippen molar-refractivity contribution in [2.45, 2.75) is 38.8 Å². The highest BCUT2D eigenvalue weighted by atomic mass is 16.3. The van der Waals surface area contributed by atoms with E-state index in [1.165, 1.54) is 17.5 Å². The number of aliphatic hydroxyl groups is 1. The second-order valence-electron chi connectivity index (χ2n) is 7.00. The first kappa shape index (κ1) is 16.2. The van der Waals surface area contributed by atoms with Crippen molar-refractivity contribution in [2.24, 2.45) is 0 Å². The van der Waals surface area contributed by atoms with Gasteiger partial charge in [0.15, 0.2) is 0 Å². The zero-order valence-electron chi connectivity index (χ0n) is 14.7. The van der Waals surface area contributed by atoms with Gasteiger partial charge in [-0.2, -0.15) is 0 Å². The molecule has 1 aliphatic rings. The fourth-order valence-corrected chi connectivity index (χ4v) is 3.77. The van der Waals surface area contributed by atoms with Crippen molar-refractivity contribution in [3.8, 4) is 0 Å². The number of benzene rings is 2. The van der Waals surface area contributed by atoms with Crippen LogP contribution in [0, 0.1) is 6.92 Å². The molecule has 1 aliphatic heterocycles. The lowest BCUT2D eigenvalue weighted by molar-refractivity contribution is 0.238. The van der Waals surface area contributed by atoms with Crippen LogP contribution in [0.2, 0.25) is 0 Å². The quantitative estimate of drug-likeness (QED) is 0.789. The number of aryl methyl sites for hydroxylation is 1. The molecule has 4 nitrogen and oxygen atoms in total. The highest BCUT2D eigenvalue weighted by Gasteiger charge is 2.26. The predicted octanol–water partition coefficient (Wildman–Crippen LogP) is 3.74. The van der Waals surface area contributed by atoms with Crippen LogP contribution in [0.5, 0.6) is 0 Å². The summed E-state index contributed by atoms with van der Waals surface area (Å²) in [5.74, 6) is 0.987. The van der Waals surface area contributed by atoms with Gasteiger partial charge in [0.1, 0.15) is 0 Å². The molecule has 4 heteroatoms. The van der Waals surface area contributed by atoms with Crippen LogP contribution >= 0.6 is 0 Å². The maximum absolute atomic E-state index is 9.83. The molecule has 0 spiro atoms. The molecule has 1 fully saturated rings. The minimum Gasteiger partial charge on any atom is -0.394 e. The summed E-state index contributed by atoms with van der Waals surface area (Å²) < 4.78 is 2.30. The topological polar surface area (TPSA) is 41.3 Å². The number of hydrogen-bond donors (Lipinski definition) is 1. The summed E-state index contributed by atoms with van der Waals surface area (Å²) >= 11 is 0. The maximum Gasteiger partial charge on any atom is 0.207 e. The Balaban J connectivity index is 1.78. The molecule has 130 valence electrons. The summed E-state index contributed by atoms with van der Waals surface area (Å²) in [6, 6.07) is 17.2. The Labute approximate surface area is 148 Å². The van der Waals surface area contributed by atoms with Gasteiger partial charge in [0.2, 0.25) is 5.95 Å². The molecule has 2 aromatic carbocycles. The number of anilines is 1. The smallest absolute Gasteiger partial charge is 0.207 e. The summed E-state index contributed by atoms with van der Waals surface area (Å²) in [5.41, 5.74) is 4.72. The van der Waals surface area contributed by atoms with Gasteiger partial charge in [-0.1, -0.05) is 42.0 Å². The summed E-state index contributed by atoms with van der Waals surface area (Å²) in [5, 5.41) is 9.83.